The van der Waals surface area contributed by atoms with Gasteiger partial charge in [0.15, 0.2) is 6.29 Å². The molecule has 0 spiro atoms. The highest BCUT2D eigenvalue weighted by molar-refractivity contribution is 5.29. The zero-order chi connectivity index (χ0) is 23.8. The fraction of sp³-hybridized carbons (Fsp3) is 0.481. The smallest absolute Gasteiger partial charge is 0.183 e. The molecule has 2 aromatic carbocycles. The van der Waals surface area contributed by atoms with Gasteiger partial charge in [0, 0.05) is 11.5 Å². The minimum atomic E-state index is -0.341. The van der Waals surface area contributed by atoms with E-state index in [9.17, 15) is 0 Å². The molecule has 34 heavy (non-hydrogen) atoms. The van der Waals surface area contributed by atoms with Crippen molar-refractivity contribution < 1.29 is 33.2 Å². The van der Waals surface area contributed by atoms with Crippen LogP contribution in [0.25, 0.3) is 0 Å². The first-order valence-corrected chi connectivity index (χ1v) is 11.7. The molecule has 0 atom stereocenters. The average molecular weight is 473 g/mol. The minimum absolute atomic E-state index is 0.336. The largest absolute Gasteiger partial charge is 0.497 e. The summed E-state index contributed by atoms with van der Waals surface area (Å²) in [5, 5.41) is 0. The van der Waals surface area contributed by atoms with Gasteiger partial charge in [-0.1, -0.05) is 30.3 Å². The van der Waals surface area contributed by atoms with Gasteiger partial charge in [0.25, 0.3) is 0 Å². The highest BCUT2D eigenvalue weighted by atomic mass is 16.7. The molecule has 0 amide bonds. The summed E-state index contributed by atoms with van der Waals surface area (Å²) in [4.78, 5) is 0. The Balaban J connectivity index is 1.26. The summed E-state index contributed by atoms with van der Waals surface area (Å²) in [6.45, 7) is 8.62. The molecular formula is C27H36O7. The van der Waals surface area contributed by atoms with Gasteiger partial charge < -0.3 is 33.2 Å². The second-order valence-electron chi connectivity index (χ2n) is 7.92. The summed E-state index contributed by atoms with van der Waals surface area (Å²) >= 11 is 0. The molecule has 0 bridgehead atoms. The maximum Gasteiger partial charge on any atom is 0.183 e. The molecule has 0 saturated carbocycles. The zero-order valence-corrected chi connectivity index (χ0v) is 20.0. The lowest BCUT2D eigenvalue weighted by molar-refractivity contribution is -0.204. The first-order valence-electron chi connectivity index (χ1n) is 11.7. The van der Waals surface area contributed by atoms with Crippen LogP contribution in [0.5, 0.6) is 11.5 Å². The molecule has 1 aliphatic rings. The molecule has 1 saturated heterocycles. The molecule has 7 nitrogen and oxygen atoms in total. The fourth-order valence-corrected chi connectivity index (χ4v) is 3.49. The van der Waals surface area contributed by atoms with Gasteiger partial charge in [-0.3, -0.25) is 0 Å². The van der Waals surface area contributed by atoms with Crippen LogP contribution in [0, 0.1) is 5.92 Å². The van der Waals surface area contributed by atoms with Gasteiger partial charge in [-0.25, -0.2) is 0 Å². The highest BCUT2D eigenvalue weighted by Gasteiger charge is 2.23. The lowest BCUT2D eigenvalue weighted by Gasteiger charge is -2.29. The highest BCUT2D eigenvalue weighted by Crippen LogP contribution is 2.28. The molecule has 1 fully saturated rings. The Morgan fingerprint density at radius 1 is 0.794 bits per heavy atom. The number of hydrogen-bond donors (Lipinski definition) is 0. The van der Waals surface area contributed by atoms with Crippen LogP contribution in [-0.2, 0) is 30.1 Å². The predicted octanol–water partition coefficient (Wildman–Crippen LogP) is 4.21. The van der Waals surface area contributed by atoms with Crippen molar-refractivity contribution in [2.75, 3.05) is 66.6 Å². The van der Waals surface area contributed by atoms with Crippen molar-refractivity contribution in [3.05, 3.63) is 72.3 Å². The van der Waals surface area contributed by atoms with E-state index in [1.165, 1.54) is 5.56 Å². The molecule has 3 rings (SSSR count). The third kappa shape index (κ3) is 9.44. The van der Waals surface area contributed by atoms with Gasteiger partial charge in [0.2, 0.25) is 0 Å². The molecular weight excluding hydrogens is 436 g/mol. The van der Waals surface area contributed by atoms with E-state index in [-0.39, 0.29) is 6.29 Å². The molecule has 1 heterocycles. The SMILES string of the molecule is C=CCOCCOCCOCCOc1ccc(C2OCC(Cc3ccc(OC)cc3)CO2)cc1. The standard InChI is InChI=1S/C27H36O7/c1-3-12-29-13-14-30-15-16-31-17-18-32-26-10-6-24(7-11-26)27-33-20-23(21-34-27)19-22-4-8-25(28-2)9-5-22/h3-11,23,27H,1,12-21H2,2H3. The van der Waals surface area contributed by atoms with Crippen LogP contribution in [-0.4, -0.2) is 66.6 Å². The Labute approximate surface area is 202 Å². The van der Waals surface area contributed by atoms with Crippen molar-refractivity contribution in [3.63, 3.8) is 0 Å². The molecule has 0 aliphatic carbocycles. The monoisotopic (exact) mass is 472 g/mol. The Hall–Kier alpha value is -2.42. The van der Waals surface area contributed by atoms with E-state index >= 15 is 0 Å². The van der Waals surface area contributed by atoms with E-state index in [2.05, 4.69) is 18.7 Å². The van der Waals surface area contributed by atoms with Crippen molar-refractivity contribution in [1.82, 2.24) is 0 Å². The van der Waals surface area contributed by atoms with Crippen molar-refractivity contribution in [3.8, 4) is 11.5 Å². The van der Waals surface area contributed by atoms with Crippen LogP contribution < -0.4 is 9.47 Å². The maximum atomic E-state index is 5.97. The maximum absolute atomic E-state index is 5.97. The van der Waals surface area contributed by atoms with Crippen LogP contribution in [0.2, 0.25) is 0 Å². The van der Waals surface area contributed by atoms with Crippen LogP contribution in [0.1, 0.15) is 17.4 Å². The van der Waals surface area contributed by atoms with Gasteiger partial charge in [0.1, 0.15) is 18.1 Å². The van der Waals surface area contributed by atoms with Crippen LogP contribution in [0.3, 0.4) is 0 Å². The third-order valence-corrected chi connectivity index (χ3v) is 5.28. The van der Waals surface area contributed by atoms with Gasteiger partial charge in [-0.05, 0) is 36.2 Å². The van der Waals surface area contributed by atoms with Crippen molar-refractivity contribution >= 4 is 0 Å². The Morgan fingerprint density at radius 2 is 1.38 bits per heavy atom. The molecule has 0 radical (unpaired) electrons. The van der Waals surface area contributed by atoms with Crippen molar-refractivity contribution in [2.24, 2.45) is 5.92 Å². The average Bonchev–Trinajstić information content (AvgIpc) is 2.88. The number of ether oxygens (including phenoxy) is 7. The second kappa shape index (κ2) is 15.5. The minimum Gasteiger partial charge on any atom is -0.497 e. The molecule has 1 aliphatic heterocycles. The lowest BCUT2D eigenvalue weighted by atomic mass is 10.00. The Bertz CT molecular complexity index is 799. The summed E-state index contributed by atoms with van der Waals surface area (Å²) in [7, 11) is 1.67. The van der Waals surface area contributed by atoms with E-state index in [1.54, 1.807) is 13.2 Å². The number of benzene rings is 2. The van der Waals surface area contributed by atoms with Crippen LogP contribution in [0.4, 0.5) is 0 Å². The summed E-state index contributed by atoms with van der Waals surface area (Å²) in [6.07, 6.45) is 2.29. The zero-order valence-electron chi connectivity index (χ0n) is 20.0. The quantitative estimate of drug-likeness (QED) is 0.268. The van der Waals surface area contributed by atoms with E-state index in [0.29, 0.717) is 65.4 Å². The summed E-state index contributed by atoms with van der Waals surface area (Å²) in [5.41, 5.74) is 2.24. The van der Waals surface area contributed by atoms with Gasteiger partial charge >= 0.3 is 0 Å². The van der Waals surface area contributed by atoms with E-state index in [1.807, 2.05) is 36.4 Å². The van der Waals surface area contributed by atoms with Crippen LogP contribution in [0.15, 0.2) is 61.2 Å². The molecule has 0 aromatic heterocycles. The number of methoxy groups -OCH3 is 1. The van der Waals surface area contributed by atoms with Gasteiger partial charge in [-0.15, -0.1) is 6.58 Å². The normalized spacial score (nSPS) is 17.9. The summed E-state index contributed by atoms with van der Waals surface area (Å²) in [5.74, 6) is 1.99. The summed E-state index contributed by atoms with van der Waals surface area (Å²) in [6, 6.07) is 16.0. The Kier molecular flexibility index (Phi) is 11.9. The van der Waals surface area contributed by atoms with E-state index in [4.69, 9.17) is 33.2 Å². The summed E-state index contributed by atoms with van der Waals surface area (Å²) < 4.78 is 39.1. The van der Waals surface area contributed by atoms with E-state index in [0.717, 1.165) is 23.5 Å². The molecule has 186 valence electrons. The van der Waals surface area contributed by atoms with Gasteiger partial charge in [0.05, 0.1) is 60.0 Å². The first kappa shape index (κ1) is 26.2. The molecule has 0 N–H and O–H groups in total. The number of rotatable bonds is 16. The van der Waals surface area contributed by atoms with E-state index < -0.39 is 0 Å². The number of hydrogen-bond acceptors (Lipinski definition) is 7. The Morgan fingerprint density at radius 3 is 2.00 bits per heavy atom. The second-order valence-corrected chi connectivity index (χ2v) is 7.92. The van der Waals surface area contributed by atoms with Crippen molar-refractivity contribution in [2.45, 2.75) is 12.7 Å². The lowest BCUT2D eigenvalue weighted by Crippen LogP contribution is -2.28. The topological polar surface area (TPSA) is 64.6 Å². The third-order valence-electron chi connectivity index (χ3n) is 5.28. The molecule has 2 aromatic rings. The molecule has 0 unspecified atom stereocenters. The fourth-order valence-electron chi connectivity index (χ4n) is 3.49. The molecule has 7 heteroatoms. The van der Waals surface area contributed by atoms with Crippen LogP contribution >= 0.6 is 0 Å². The van der Waals surface area contributed by atoms with Gasteiger partial charge in [-0.2, -0.15) is 0 Å². The first-order chi connectivity index (χ1) is 16.8. The van der Waals surface area contributed by atoms with Crippen molar-refractivity contribution in [1.29, 1.82) is 0 Å². The predicted molar refractivity (Wildman–Crippen MR) is 129 cm³/mol.